The Labute approximate surface area is 97.5 Å². The molecule has 0 aromatic carbocycles. The van der Waals surface area contributed by atoms with Crippen LogP contribution in [0.15, 0.2) is 10.6 Å². The van der Waals surface area contributed by atoms with E-state index in [-0.39, 0.29) is 18.2 Å². The fourth-order valence-electron chi connectivity index (χ4n) is 0.975. The molecule has 1 aromatic rings. The lowest BCUT2D eigenvalue weighted by Crippen LogP contribution is -2.30. The molecule has 0 bridgehead atoms. The Kier molecular flexibility index (Phi) is 5.30. The van der Waals surface area contributed by atoms with Gasteiger partial charge in [-0.2, -0.15) is 11.8 Å². The van der Waals surface area contributed by atoms with E-state index in [1.165, 1.54) is 0 Å². The summed E-state index contributed by atoms with van der Waals surface area (Å²) < 4.78 is 4.95. The highest BCUT2D eigenvalue weighted by atomic mass is 32.2. The summed E-state index contributed by atoms with van der Waals surface area (Å²) >= 11 is 1.61. The van der Waals surface area contributed by atoms with Gasteiger partial charge in [-0.25, -0.2) is 5.84 Å². The molecule has 6 nitrogen and oxygen atoms in total. The lowest BCUT2D eigenvalue weighted by atomic mass is 10.2. The first-order valence-electron chi connectivity index (χ1n) is 4.82. The molecular weight excluding hydrogens is 230 g/mol. The molecule has 4 N–H and O–H groups in total. The lowest BCUT2D eigenvalue weighted by Gasteiger charge is -2.04. The van der Waals surface area contributed by atoms with E-state index in [2.05, 4.69) is 5.16 Å². The highest BCUT2D eigenvalue weighted by Crippen LogP contribution is 2.16. The summed E-state index contributed by atoms with van der Waals surface area (Å²) in [6, 6.07) is 1.55. The van der Waals surface area contributed by atoms with Crippen LogP contribution in [0.2, 0.25) is 0 Å². The molecule has 16 heavy (non-hydrogen) atoms. The number of aromatic nitrogens is 1. The minimum absolute atomic E-state index is 0.171. The van der Waals surface area contributed by atoms with E-state index in [1.807, 2.05) is 12.3 Å². The van der Waals surface area contributed by atoms with Gasteiger partial charge in [0.2, 0.25) is 0 Å². The van der Waals surface area contributed by atoms with E-state index in [0.29, 0.717) is 11.5 Å². The molecular formula is C9H15N3O3S. The fraction of sp³-hybridized carbons (Fsp3) is 0.556. The molecule has 0 spiro atoms. The standard InChI is InChI=1S/C9H15N3O3S/c1-6(3-13)4-16-5-7-2-8(12-15-7)9(14)11-10/h2,6,13H,3-5,10H2,1H3,(H,11,14). The van der Waals surface area contributed by atoms with Gasteiger partial charge < -0.3 is 9.63 Å². The summed E-state index contributed by atoms with van der Waals surface area (Å²) in [6.07, 6.45) is 0. The number of nitrogens with one attached hydrogen (secondary N) is 1. The van der Waals surface area contributed by atoms with Crippen molar-refractivity contribution >= 4 is 17.7 Å². The first-order chi connectivity index (χ1) is 7.67. The van der Waals surface area contributed by atoms with Crippen LogP contribution < -0.4 is 11.3 Å². The van der Waals surface area contributed by atoms with E-state index in [0.717, 1.165) is 5.75 Å². The first-order valence-corrected chi connectivity index (χ1v) is 5.98. The largest absolute Gasteiger partial charge is 0.396 e. The topological polar surface area (TPSA) is 101 Å². The molecule has 1 atom stereocenters. The smallest absolute Gasteiger partial charge is 0.287 e. The number of carbonyl (C=O) groups excluding carboxylic acids is 1. The predicted molar refractivity (Wildman–Crippen MR) is 60.6 cm³/mol. The Hall–Kier alpha value is -1.05. The van der Waals surface area contributed by atoms with Crippen LogP contribution in [0.4, 0.5) is 0 Å². The molecule has 0 aliphatic heterocycles. The van der Waals surface area contributed by atoms with Gasteiger partial charge in [0.25, 0.3) is 5.91 Å². The number of aliphatic hydroxyl groups is 1. The minimum Gasteiger partial charge on any atom is -0.396 e. The summed E-state index contributed by atoms with van der Waals surface area (Å²) in [5, 5.41) is 12.4. The zero-order chi connectivity index (χ0) is 12.0. The molecule has 90 valence electrons. The molecule has 7 heteroatoms. The number of thioether (sulfide) groups is 1. The van der Waals surface area contributed by atoms with Gasteiger partial charge in [-0.1, -0.05) is 12.1 Å². The van der Waals surface area contributed by atoms with E-state index in [4.69, 9.17) is 15.5 Å². The molecule has 1 amide bonds. The third-order valence-corrected chi connectivity index (χ3v) is 3.17. The summed E-state index contributed by atoms with van der Waals surface area (Å²) in [6.45, 7) is 2.13. The molecule has 0 saturated carbocycles. The van der Waals surface area contributed by atoms with Crippen LogP contribution in [0, 0.1) is 5.92 Å². The normalized spacial score (nSPS) is 12.4. The molecule has 0 saturated heterocycles. The summed E-state index contributed by atoms with van der Waals surface area (Å²) in [5.74, 6) is 6.81. The molecule has 1 rings (SSSR count). The first kappa shape index (κ1) is 13.0. The number of rotatable bonds is 6. The Morgan fingerprint density at radius 2 is 2.56 bits per heavy atom. The second kappa shape index (κ2) is 6.51. The third-order valence-electron chi connectivity index (χ3n) is 1.88. The van der Waals surface area contributed by atoms with Crippen molar-refractivity contribution < 1.29 is 14.4 Å². The number of amides is 1. The Bertz CT molecular complexity index is 342. The monoisotopic (exact) mass is 245 g/mol. The van der Waals surface area contributed by atoms with Crippen molar-refractivity contribution in [2.45, 2.75) is 12.7 Å². The van der Waals surface area contributed by atoms with Gasteiger partial charge in [0.05, 0.1) is 5.75 Å². The highest BCUT2D eigenvalue weighted by molar-refractivity contribution is 7.98. The summed E-state index contributed by atoms with van der Waals surface area (Å²) in [5.41, 5.74) is 2.15. The predicted octanol–water partition coefficient (Wildman–Crippen LogP) is 0.140. The van der Waals surface area contributed by atoms with Gasteiger partial charge in [0.1, 0.15) is 5.76 Å². The van der Waals surface area contributed by atoms with Crippen molar-refractivity contribution in [3.05, 3.63) is 17.5 Å². The quantitative estimate of drug-likeness (QED) is 0.374. The Balaban J connectivity index is 2.38. The van der Waals surface area contributed by atoms with Crippen LogP contribution in [0.5, 0.6) is 0 Å². The van der Waals surface area contributed by atoms with E-state index >= 15 is 0 Å². The van der Waals surface area contributed by atoms with Gasteiger partial charge in [0.15, 0.2) is 5.69 Å². The molecule has 0 aliphatic carbocycles. The van der Waals surface area contributed by atoms with E-state index < -0.39 is 5.91 Å². The van der Waals surface area contributed by atoms with Crippen LogP contribution in [0.1, 0.15) is 23.2 Å². The summed E-state index contributed by atoms with van der Waals surface area (Å²) in [7, 11) is 0. The van der Waals surface area contributed by atoms with Crippen LogP contribution in [-0.4, -0.2) is 28.5 Å². The van der Waals surface area contributed by atoms with Crippen molar-refractivity contribution in [2.75, 3.05) is 12.4 Å². The highest BCUT2D eigenvalue weighted by Gasteiger charge is 2.11. The number of carbonyl (C=O) groups is 1. The minimum atomic E-state index is -0.469. The van der Waals surface area contributed by atoms with Gasteiger partial charge in [-0.05, 0) is 11.7 Å². The number of hydrazine groups is 1. The number of hydrogen-bond acceptors (Lipinski definition) is 6. The lowest BCUT2D eigenvalue weighted by molar-refractivity contribution is 0.0944. The molecule has 1 unspecified atom stereocenters. The molecule has 0 fully saturated rings. The molecule has 1 heterocycles. The molecule has 0 radical (unpaired) electrons. The third kappa shape index (κ3) is 3.84. The van der Waals surface area contributed by atoms with Gasteiger partial charge in [-0.15, -0.1) is 0 Å². The van der Waals surface area contributed by atoms with Gasteiger partial charge in [-0.3, -0.25) is 10.2 Å². The van der Waals surface area contributed by atoms with E-state index in [9.17, 15) is 4.79 Å². The van der Waals surface area contributed by atoms with Crippen molar-refractivity contribution in [2.24, 2.45) is 11.8 Å². The molecule has 1 aromatic heterocycles. The Morgan fingerprint density at radius 3 is 3.19 bits per heavy atom. The second-order valence-corrected chi connectivity index (χ2v) is 4.49. The van der Waals surface area contributed by atoms with Crippen molar-refractivity contribution in [1.29, 1.82) is 0 Å². The number of aliphatic hydroxyl groups excluding tert-OH is 1. The SMILES string of the molecule is CC(CO)CSCc1cc(C(=O)NN)no1. The van der Waals surface area contributed by atoms with Crippen LogP contribution in [0.3, 0.4) is 0 Å². The van der Waals surface area contributed by atoms with Crippen molar-refractivity contribution in [3.63, 3.8) is 0 Å². The number of nitrogen functional groups attached to an aromatic ring is 1. The Morgan fingerprint density at radius 1 is 1.81 bits per heavy atom. The average molecular weight is 245 g/mol. The zero-order valence-corrected chi connectivity index (χ0v) is 9.79. The van der Waals surface area contributed by atoms with Gasteiger partial charge in [0, 0.05) is 12.7 Å². The molecule has 0 aliphatic rings. The van der Waals surface area contributed by atoms with Crippen molar-refractivity contribution in [1.82, 2.24) is 10.6 Å². The zero-order valence-electron chi connectivity index (χ0n) is 8.97. The second-order valence-electron chi connectivity index (χ2n) is 3.45. The van der Waals surface area contributed by atoms with E-state index in [1.54, 1.807) is 17.8 Å². The maximum atomic E-state index is 11.1. The maximum absolute atomic E-state index is 11.1. The number of nitrogens with two attached hydrogens (primary N) is 1. The number of nitrogens with zero attached hydrogens (tertiary/aromatic N) is 1. The van der Waals surface area contributed by atoms with Crippen LogP contribution in [-0.2, 0) is 5.75 Å². The van der Waals surface area contributed by atoms with Crippen molar-refractivity contribution in [3.8, 4) is 0 Å². The fourth-order valence-corrected chi connectivity index (χ4v) is 1.94. The maximum Gasteiger partial charge on any atom is 0.287 e. The van der Waals surface area contributed by atoms with Crippen LogP contribution in [0.25, 0.3) is 0 Å². The average Bonchev–Trinajstić information content (AvgIpc) is 2.76. The van der Waals surface area contributed by atoms with Crippen LogP contribution >= 0.6 is 11.8 Å². The number of hydrogen-bond donors (Lipinski definition) is 3. The summed E-state index contributed by atoms with van der Waals surface area (Å²) in [4.78, 5) is 11.1. The van der Waals surface area contributed by atoms with Gasteiger partial charge >= 0.3 is 0 Å².